The molecule has 0 atom stereocenters. The van der Waals surface area contributed by atoms with Crippen LogP contribution in [0.5, 0.6) is 0 Å². The second kappa shape index (κ2) is 18.7. The van der Waals surface area contributed by atoms with Crippen LogP contribution in [0, 0.1) is 0 Å². The van der Waals surface area contributed by atoms with Gasteiger partial charge in [-0.05, 0) is 196 Å². The second-order valence-electron chi connectivity index (χ2n) is 22.2. The number of hydrogen-bond acceptors (Lipinski definition) is 1. The molecule has 0 N–H and O–H groups in total. The van der Waals surface area contributed by atoms with Crippen molar-refractivity contribution in [3.63, 3.8) is 0 Å². The van der Waals surface area contributed by atoms with Crippen LogP contribution in [0.1, 0.15) is 180 Å². The lowest BCUT2D eigenvalue weighted by atomic mass is 9.78. The molecule has 0 spiro atoms. The molecule has 3 saturated carbocycles. The third kappa shape index (κ3) is 8.26. The predicted octanol–water partition coefficient (Wildman–Crippen LogP) is 19.5. The molecule has 0 bridgehead atoms. The molecule has 5 aliphatic carbocycles. The Morgan fingerprint density at radius 3 is 1.56 bits per heavy atom. The molecule has 1 nitrogen and oxygen atoms in total. The molecule has 0 unspecified atom stereocenters. The van der Waals surface area contributed by atoms with E-state index in [-0.39, 0.29) is 5.41 Å². The van der Waals surface area contributed by atoms with Gasteiger partial charge in [0.1, 0.15) is 0 Å². The molecule has 0 saturated heterocycles. The lowest BCUT2D eigenvalue weighted by Gasteiger charge is -2.32. The topological polar surface area (TPSA) is 3.24 Å². The van der Waals surface area contributed by atoms with Crippen molar-refractivity contribution in [1.82, 2.24) is 0 Å². The third-order valence-corrected chi connectivity index (χ3v) is 17.7. The molecule has 0 heterocycles. The number of anilines is 3. The SMILES string of the molecule is CC1(C)c2ccccc2-c2ccc(N(c3ccc(-c4cccc(C5CCCCC5)c4)cc3)c3ccc(-c4ccc(-c5cc(C6CCCCC6)cc(C6CCCCC6)c5)cc4)c4c3CCCC4)cc21. The van der Waals surface area contributed by atoms with Gasteiger partial charge in [0.25, 0.3) is 0 Å². The monoisotopic (exact) mass is 890 g/mol. The van der Waals surface area contributed by atoms with Crippen LogP contribution in [0.25, 0.3) is 44.5 Å². The Morgan fingerprint density at radius 2 is 0.882 bits per heavy atom. The van der Waals surface area contributed by atoms with E-state index < -0.39 is 0 Å². The first-order chi connectivity index (χ1) is 33.5. The van der Waals surface area contributed by atoms with E-state index >= 15 is 0 Å². The average molecular weight is 890 g/mol. The fourth-order valence-electron chi connectivity index (χ4n) is 13.8. The van der Waals surface area contributed by atoms with Gasteiger partial charge in [-0.25, -0.2) is 0 Å². The summed E-state index contributed by atoms with van der Waals surface area (Å²) in [4.78, 5) is 2.60. The Hall–Kier alpha value is -5.66. The molecule has 7 aromatic carbocycles. The molecule has 1 heteroatoms. The van der Waals surface area contributed by atoms with Crippen molar-refractivity contribution in [2.24, 2.45) is 0 Å². The van der Waals surface area contributed by atoms with Gasteiger partial charge in [-0.15, -0.1) is 0 Å². The molecule has 3 fully saturated rings. The van der Waals surface area contributed by atoms with Crippen molar-refractivity contribution in [3.05, 3.63) is 185 Å². The normalized spacial score (nSPS) is 18.4. The van der Waals surface area contributed by atoms with Gasteiger partial charge >= 0.3 is 0 Å². The van der Waals surface area contributed by atoms with Crippen LogP contribution >= 0.6 is 0 Å². The third-order valence-electron chi connectivity index (χ3n) is 17.7. The molecule has 7 aromatic rings. The van der Waals surface area contributed by atoms with E-state index in [4.69, 9.17) is 0 Å². The van der Waals surface area contributed by atoms with E-state index in [1.165, 1.54) is 199 Å². The van der Waals surface area contributed by atoms with E-state index in [0.717, 1.165) is 24.7 Å². The van der Waals surface area contributed by atoms with Gasteiger partial charge in [0.2, 0.25) is 0 Å². The molecule has 344 valence electrons. The Morgan fingerprint density at radius 1 is 0.353 bits per heavy atom. The fourth-order valence-corrected chi connectivity index (χ4v) is 13.8. The van der Waals surface area contributed by atoms with Gasteiger partial charge in [0.15, 0.2) is 0 Å². The Labute approximate surface area is 408 Å². The Balaban J connectivity index is 0.922. The van der Waals surface area contributed by atoms with Crippen molar-refractivity contribution in [2.75, 3.05) is 4.90 Å². The molecule has 0 aliphatic heterocycles. The zero-order chi connectivity index (χ0) is 45.6. The largest absolute Gasteiger partial charge is 0.310 e. The highest BCUT2D eigenvalue weighted by Crippen LogP contribution is 2.52. The Bertz CT molecular complexity index is 2880. The Kier molecular flexibility index (Phi) is 12.0. The molecule has 0 radical (unpaired) electrons. The van der Waals surface area contributed by atoms with Crippen LogP contribution in [0.4, 0.5) is 17.1 Å². The number of benzene rings is 7. The van der Waals surface area contributed by atoms with E-state index in [1.54, 1.807) is 11.1 Å². The molecule has 0 aromatic heterocycles. The zero-order valence-corrected chi connectivity index (χ0v) is 41.0. The minimum Gasteiger partial charge on any atom is -0.310 e. The summed E-state index contributed by atoms with van der Waals surface area (Å²) < 4.78 is 0. The summed E-state index contributed by atoms with van der Waals surface area (Å²) in [6.07, 6.45) is 25.2. The van der Waals surface area contributed by atoms with Gasteiger partial charge in [0, 0.05) is 22.5 Å². The molecule has 12 rings (SSSR count). The first kappa shape index (κ1) is 43.6. The maximum absolute atomic E-state index is 2.63. The van der Waals surface area contributed by atoms with Gasteiger partial charge in [-0.2, -0.15) is 0 Å². The predicted molar refractivity (Wildman–Crippen MR) is 289 cm³/mol. The first-order valence-corrected chi connectivity index (χ1v) is 27.1. The van der Waals surface area contributed by atoms with E-state index in [9.17, 15) is 0 Å². The number of rotatable bonds is 9. The molecular weight excluding hydrogens is 819 g/mol. The van der Waals surface area contributed by atoms with Crippen LogP contribution in [-0.4, -0.2) is 0 Å². The van der Waals surface area contributed by atoms with Crippen LogP contribution in [0.2, 0.25) is 0 Å². The quantitative estimate of drug-likeness (QED) is 0.140. The number of hydrogen-bond donors (Lipinski definition) is 0. The maximum Gasteiger partial charge on any atom is 0.0496 e. The summed E-state index contributed by atoms with van der Waals surface area (Å²) in [7, 11) is 0. The summed E-state index contributed by atoms with van der Waals surface area (Å²) in [5, 5.41) is 0. The number of fused-ring (bicyclic) bond motifs is 4. The smallest absolute Gasteiger partial charge is 0.0496 e. The standard InChI is InChI=1S/C67H71N/c1-67(2)64-28-15-14-26-61(64)62-38-37-58(45-65(62)67)68(57-35-33-49(34-36-57)53-24-16-23-52(41-53)46-17-6-3-7-18-46)66-40-39-59(60-25-12-13-27-63(60)66)51-31-29-50(30-32-51)56-43-54(47-19-8-4-9-20-47)42-55(44-56)48-21-10-5-11-22-48/h14-16,23-24,26,28-48H,3-13,17-22,25,27H2,1-2H3. The highest BCUT2D eigenvalue weighted by atomic mass is 15.1. The van der Waals surface area contributed by atoms with Crippen molar-refractivity contribution >= 4 is 17.1 Å². The molecule has 5 aliphatic rings. The van der Waals surface area contributed by atoms with Crippen LogP contribution in [0.15, 0.2) is 146 Å². The number of nitrogens with zero attached hydrogens (tertiary/aromatic N) is 1. The maximum atomic E-state index is 2.63. The van der Waals surface area contributed by atoms with Crippen LogP contribution in [-0.2, 0) is 18.3 Å². The van der Waals surface area contributed by atoms with Gasteiger partial charge < -0.3 is 4.90 Å². The minimum atomic E-state index is -0.0785. The summed E-state index contributed by atoms with van der Waals surface area (Å²) >= 11 is 0. The molecule has 68 heavy (non-hydrogen) atoms. The van der Waals surface area contributed by atoms with Crippen molar-refractivity contribution in [2.45, 2.75) is 159 Å². The average Bonchev–Trinajstić information content (AvgIpc) is 3.64. The minimum absolute atomic E-state index is 0.0785. The zero-order valence-electron chi connectivity index (χ0n) is 41.0. The lowest BCUT2D eigenvalue weighted by molar-refractivity contribution is 0.435. The second-order valence-corrected chi connectivity index (χ2v) is 22.2. The highest BCUT2D eigenvalue weighted by Gasteiger charge is 2.36. The van der Waals surface area contributed by atoms with Gasteiger partial charge in [-0.1, -0.05) is 187 Å². The van der Waals surface area contributed by atoms with Crippen molar-refractivity contribution in [3.8, 4) is 44.5 Å². The van der Waals surface area contributed by atoms with Crippen LogP contribution in [0.3, 0.4) is 0 Å². The first-order valence-electron chi connectivity index (χ1n) is 27.1. The van der Waals surface area contributed by atoms with Crippen molar-refractivity contribution < 1.29 is 0 Å². The van der Waals surface area contributed by atoms with E-state index in [0.29, 0.717) is 5.92 Å². The van der Waals surface area contributed by atoms with Crippen molar-refractivity contribution in [1.29, 1.82) is 0 Å². The van der Waals surface area contributed by atoms with Gasteiger partial charge in [0.05, 0.1) is 0 Å². The van der Waals surface area contributed by atoms with E-state index in [2.05, 4.69) is 164 Å². The summed E-state index contributed by atoms with van der Waals surface area (Å²) in [5.74, 6) is 2.13. The summed E-state index contributed by atoms with van der Waals surface area (Å²) in [6, 6.07) is 57.8. The van der Waals surface area contributed by atoms with Gasteiger partial charge in [-0.3, -0.25) is 0 Å². The fraction of sp³-hybridized carbons (Fsp3) is 0.373. The lowest BCUT2D eigenvalue weighted by Crippen LogP contribution is -2.18. The summed E-state index contributed by atoms with van der Waals surface area (Å²) in [5.41, 5.74) is 25.3. The molecule has 0 amide bonds. The van der Waals surface area contributed by atoms with E-state index in [1.807, 2.05) is 0 Å². The summed E-state index contributed by atoms with van der Waals surface area (Å²) in [6.45, 7) is 4.82. The van der Waals surface area contributed by atoms with Crippen LogP contribution < -0.4 is 4.90 Å². The molecular formula is C67H71N. The highest BCUT2D eigenvalue weighted by molar-refractivity contribution is 5.88.